The zero-order valence-corrected chi connectivity index (χ0v) is 14.0. The van der Waals surface area contributed by atoms with Crippen LogP contribution in [0.3, 0.4) is 0 Å². The molecule has 3 rings (SSSR count). The molecule has 1 aliphatic rings. The molecule has 1 fully saturated rings. The highest BCUT2D eigenvalue weighted by atomic mass is 32.1. The second-order valence-electron chi connectivity index (χ2n) is 5.76. The Bertz CT molecular complexity index is 687. The lowest BCUT2D eigenvalue weighted by Crippen LogP contribution is -2.32. The Hall–Kier alpha value is -2.12. The Morgan fingerprint density at radius 3 is 2.83 bits per heavy atom. The number of aliphatic hydroxyl groups excluding tert-OH is 1. The van der Waals surface area contributed by atoms with Crippen LogP contribution in [0.2, 0.25) is 0 Å². The summed E-state index contributed by atoms with van der Waals surface area (Å²) in [5.41, 5.74) is 1.18. The Balaban J connectivity index is 1.57. The lowest BCUT2D eigenvalue weighted by Gasteiger charge is -2.19. The number of amides is 2. The van der Waals surface area contributed by atoms with Crippen molar-refractivity contribution in [3.63, 3.8) is 0 Å². The van der Waals surface area contributed by atoms with Gasteiger partial charge in [0, 0.05) is 29.3 Å². The number of carbonyl (C=O) groups excluding carboxylic acids is 1. The van der Waals surface area contributed by atoms with Crippen molar-refractivity contribution in [3.8, 4) is 0 Å². The number of hydrogen-bond acceptors (Lipinski definition) is 4. The van der Waals surface area contributed by atoms with Crippen molar-refractivity contribution in [1.29, 1.82) is 0 Å². The maximum Gasteiger partial charge on any atom is 0.319 e. The van der Waals surface area contributed by atoms with Gasteiger partial charge in [-0.05, 0) is 42.5 Å². The van der Waals surface area contributed by atoms with E-state index in [2.05, 4.69) is 15.5 Å². The number of thiophene rings is 1. The molecular formula is C17H20FN3O2S. The number of nitrogens with one attached hydrogen (secondary N) is 2. The first-order chi connectivity index (χ1) is 11.6. The minimum absolute atomic E-state index is 0.0979. The smallest absolute Gasteiger partial charge is 0.319 e. The molecule has 1 saturated heterocycles. The molecule has 24 heavy (non-hydrogen) atoms. The first-order valence-electron chi connectivity index (χ1n) is 7.94. The summed E-state index contributed by atoms with van der Waals surface area (Å²) < 4.78 is 13.8. The van der Waals surface area contributed by atoms with E-state index in [1.807, 2.05) is 17.5 Å². The van der Waals surface area contributed by atoms with E-state index in [9.17, 15) is 14.3 Å². The number of carbonyl (C=O) groups is 1. The maximum absolute atomic E-state index is 13.8. The Kier molecular flexibility index (Phi) is 5.32. The quantitative estimate of drug-likeness (QED) is 0.776. The van der Waals surface area contributed by atoms with Gasteiger partial charge in [-0.2, -0.15) is 0 Å². The fraction of sp³-hybridized carbons (Fsp3) is 0.353. The number of benzene rings is 1. The molecule has 2 aromatic rings. The summed E-state index contributed by atoms with van der Waals surface area (Å²) in [5, 5.41) is 17.0. The van der Waals surface area contributed by atoms with Crippen molar-refractivity contribution in [2.45, 2.75) is 18.9 Å². The molecule has 1 unspecified atom stereocenters. The van der Waals surface area contributed by atoms with Crippen molar-refractivity contribution in [2.75, 3.05) is 29.9 Å². The standard InChI is InChI=1S/C17H20FN3O2S/c18-12-8-13(10-14(9-12)21-5-1-2-6-21)20-17(23)19-11-15(22)16-4-3-7-24-16/h3-4,7-10,15,22H,1-2,5-6,11H2,(H2,19,20,23). The number of nitrogens with zero attached hydrogens (tertiary/aromatic N) is 1. The first-order valence-corrected chi connectivity index (χ1v) is 8.81. The molecule has 1 atom stereocenters. The van der Waals surface area contributed by atoms with Crippen molar-refractivity contribution >= 4 is 28.7 Å². The van der Waals surface area contributed by atoms with E-state index in [0.29, 0.717) is 5.69 Å². The summed E-state index contributed by atoms with van der Waals surface area (Å²) in [5.74, 6) is -0.381. The molecule has 2 amide bonds. The van der Waals surface area contributed by atoms with Gasteiger partial charge in [0.15, 0.2) is 0 Å². The third kappa shape index (κ3) is 4.24. The van der Waals surface area contributed by atoms with Crippen molar-refractivity contribution in [3.05, 3.63) is 46.4 Å². The van der Waals surface area contributed by atoms with E-state index < -0.39 is 12.1 Å². The van der Waals surface area contributed by atoms with Crippen molar-refractivity contribution < 1.29 is 14.3 Å². The molecule has 1 aromatic carbocycles. The van der Waals surface area contributed by atoms with Gasteiger partial charge in [-0.3, -0.25) is 0 Å². The normalized spacial score (nSPS) is 15.3. The number of hydrogen-bond donors (Lipinski definition) is 3. The zero-order valence-electron chi connectivity index (χ0n) is 13.2. The van der Waals surface area contributed by atoms with Gasteiger partial charge < -0.3 is 20.6 Å². The van der Waals surface area contributed by atoms with Crippen LogP contribution < -0.4 is 15.5 Å². The van der Waals surface area contributed by atoms with Crippen LogP contribution in [0, 0.1) is 5.82 Å². The van der Waals surface area contributed by atoms with E-state index in [1.54, 1.807) is 6.07 Å². The van der Waals surface area contributed by atoms with Crippen LogP contribution >= 0.6 is 11.3 Å². The number of aliphatic hydroxyl groups is 1. The van der Waals surface area contributed by atoms with Crippen molar-refractivity contribution in [2.24, 2.45) is 0 Å². The highest BCUT2D eigenvalue weighted by molar-refractivity contribution is 7.10. The topological polar surface area (TPSA) is 64.6 Å². The minimum atomic E-state index is -0.747. The minimum Gasteiger partial charge on any atom is -0.386 e. The van der Waals surface area contributed by atoms with Crippen molar-refractivity contribution in [1.82, 2.24) is 5.32 Å². The van der Waals surface area contributed by atoms with Crippen LogP contribution in [0.5, 0.6) is 0 Å². The lowest BCUT2D eigenvalue weighted by atomic mass is 10.2. The average Bonchev–Trinajstić information content (AvgIpc) is 3.25. The third-order valence-corrected chi connectivity index (χ3v) is 4.91. The third-order valence-electron chi connectivity index (χ3n) is 3.94. The fourth-order valence-corrected chi connectivity index (χ4v) is 3.46. The van der Waals surface area contributed by atoms with Crippen LogP contribution in [0.1, 0.15) is 23.8 Å². The Morgan fingerprint density at radius 1 is 1.33 bits per heavy atom. The monoisotopic (exact) mass is 349 g/mol. The molecule has 0 spiro atoms. The van der Waals surface area contributed by atoms with Gasteiger partial charge in [0.25, 0.3) is 0 Å². The van der Waals surface area contributed by atoms with Gasteiger partial charge >= 0.3 is 6.03 Å². The Labute approximate surface area is 144 Å². The van der Waals surface area contributed by atoms with Crippen LogP contribution in [-0.2, 0) is 0 Å². The summed E-state index contributed by atoms with van der Waals surface area (Å²) in [4.78, 5) is 14.9. The molecule has 0 aliphatic carbocycles. The van der Waals surface area contributed by atoms with Gasteiger partial charge in [0.05, 0.1) is 6.54 Å². The zero-order chi connectivity index (χ0) is 16.9. The Morgan fingerprint density at radius 2 is 2.12 bits per heavy atom. The summed E-state index contributed by atoms with van der Waals surface area (Å²) in [6, 6.07) is 7.72. The van der Waals surface area contributed by atoms with Gasteiger partial charge in [-0.1, -0.05) is 6.07 Å². The number of rotatable bonds is 5. The molecular weight excluding hydrogens is 329 g/mol. The second kappa shape index (κ2) is 7.63. The van der Waals surface area contributed by atoms with Crippen LogP contribution in [0.25, 0.3) is 0 Å². The summed E-state index contributed by atoms with van der Waals surface area (Å²) >= 11 is 1.43. The number of urea groups is 1. The van der Waals surface area contributed by atoms with Crippen LogP contribution in [0.15, 0.2) is 35.7 Å². The first kappa shape index (κ1) is 16.7. The molecule has 0 saturated carbocycles. The van der Waals surface area contributed by atoms with E-state index in [1.165, 1.54) is 23.5 Å². The molecule has 2 heterocycles. The molecule has 3 N–H and O–H groups in total. The highest BCUT2D eigenvalue weighted by Crippen LogP contribution is 2.25. The van der Waals surface area contributed by atoms with Gasteiger partial charge in [0.2, 0.25) is 0 Å². The van der Waals surface area contributed by atoms with Gasteiger partial charge in [0.1, 0.15) is 11.9 Å². The van der Waals surface area contributed by atoms with E-state index in [0.717, 1.165) is 36.5 Å². The summed E-state index contributed by atoms with van der Waals surface area (Å²) in [7, 11) is 0. The molecule has 0 bridgehead atoms. The van der Waals surface area contributed by atoms with E-state index in [-0.39, 0.29) is 12.4 Å². The molecule has 1 aromatic heterocycles. The predicted molar refractivity (Wildman–Crippen MR) is 94.1 cm³/mol. The lowest BCUT2D eigenvalue weighted by molar-refractivity contribution is 0.178. The number of anilines is 2. The maximum atomic E-state index is 13.8. The van der Waals surface area contributed by atoms with E-state index in [4.69, 9.17) is 0 Å². The molecule has 1 aliphatic heterocycles. The molecule has 0 radical (unpaired) electrons. The van der Waals surface area contributed by atoms with Crippen LogP contribution in [-0.4, -0.2) is 30.8 Å². The summed E-state index contributed by atoms with van der Waals surface area (Å²) in [6.45, 7) is 1.91. The molecule has 7 heteroatoms. The van der Waals surface area contributed by atoms with Gasteiger partial charge in [-0.25, -0.2) is 9.18 Å². The molecule has 5 nitrogen and oxygen atoms in total. The predicted octanol–water partition coefficient (Wildman–Crippen LogP) is 3.34. The van der Waals surface area contributed by atoms with Gasteiger partial charge in [-0.15, -0.1) is 11.3 Å². The largest absolute Gasteiger partial charge is 0.386 e. The van der Waals surface area contributed by atoms with E-state index >= 15 is 0 Å². The molecule has 128 valence electrons. The second-order valence-corrected chi connectivity index (χ2v) is 6.74. The highest BCUT2D eigenvalue weighted by Gasteiger charge is 2.15. The fourth-order valence-electron chi connectivity index (χ4n) is 2.75. The number of halogens is 1. The SMILES string of the molecule is O=C(NCC(O)c1cccs1)Nc1cc(F)cc(N2CCCC2)c1. The average molecular weight is 349 g/mol. The summed E-state index contributed by atoms with van der Waals surface area (Å²) in [6.07, 6.45) is 1.45. The van der Waals surface area contributed by atoms with Crippen LogP contribution in [0.4, 0.5) is 20.6 Å².